The van der Waals surface area contributed by atoms with E-state index in [0.29, 0.717) is 0 Å². The summed E-state index contributed by atoms with van der Waals surface area (Å²) in [6, 6.07) is 79.3. The molecule has 0 radical (unpaired) electrons. The van der Waals surface area contributed by atoms with Crippen molar-refractivity contribution in [2.24, 2.45) is 0 Å². The van der Waals surface area contributed by atoms with Gasteiger partial charge in [-0.2, -0.15) is 0 Å². The summed E-state index contributed by atoms with van der Waals surface area (Å²) in [6.45, 7) is -0.342. The lowest BCUT2D eigenvalue weighted by Crippen LogP contribution is -2.75. The van der Waals surface area contributed by atoms with Crippen molar-refractivity contribution in [3.63, 3.8) is 0 Å². The van der Waals surface area contributed by atoms with Gasteiger partial charge in [0.2, 0.25) is 0 Å². The van der Waals surface area contributed by atoms with E-state index in [4.69, 9.17) is 9.39 Å². The standard InChI is InChI=1S/C54H36BNO2Si/c1-4-19-40(20-5-1)59(41-21-6-2-7-22-41,42-23-8-3-9-24-42)43-31-32-52-48(36-43)55-54-47(46-27-12-15-30-51(46)58-55)34-38(35-53(54)57-52)37-17-16-18-39(33-37)56-49-28-13-10-25-44(49)45-26-11-14-29-50(45)56/h1-36H. The van der Waals surface area contributed by atoms with Gasteiger partial charge in [-0.25, -0.2) is 0 Å². The fraction of sp³-hybridized carbons (Fsp3) is 0. The lowest BCUT2D eigenvalue weighted by Gasteiger charge is -2.37. The van der Waals surface area contributed by atoms with Crippen LogP contribution in [0.5, 0.6) is 17.2 Å². The number of para-hydroxylation sites is 3. The Labute approximate surface area is 344 Å². The van der Waals surface area contributed by atoms with Gasteiger partial charge in [-0.05, 0) is 86.0 Å². The van der Waals surface area contributed by atoms with Crippen molar-refractivity contribution in [1.29, 1.82) is 0 Å². The zero-order chi connectivity index (χ0) is 38.9. The minimum Gasteiger partial charge on any atom is -0.551 e. The van der Waals surface area contributed by atoms with E-state index in [1.807, 2.05) is 0 Å². The van der Waals surface area contributed by atoms with Crippen LogP contribution in [-0.2, 0) is 0 Å². The molecule has 12 rings (SSSR count). The first kappa shape index (κ1) is 33.8. The predicted molar refractivity (Wildman–Crippen MR) is 247 cm³/mol. The maximum atomic E-state index is 7.08. The molecule has 3 nitrogen and oxygen atoms in total. The zero-order valence-corrected chi connectivity index (χ0v) is 33.1. The second kappa shape index (κ2) is 13.4. The molecule has 9 aromatic carbocycles. The first-order valence-corrected chi connectivity index (χ1v) is 22.3. The van der Waals surface area contributed by atoms with Gasteiger partial charge in [0.1, 0.15) is 17.2 Å². The average molecular weight is 770 g/mol. The largest absolute Gasteiger partial charge is 0.551 e. The van der Waals surface area contributed by atoms with Crippen LogP contribution in [0.25, 0.3) is 49.7 Å². The van der Waals surface area contributed by atoms with Crippen LogP contribution in [0.4, 0.5) is 0 Å². The van der Waals surface area contributed by atoms with Gasteiger partial charge in [0, 0.05) is 32.9 Å². The number of fused-ring (bicyclic) bond motifs is 7. The third-order valence-corrected chi connectivity index (χ3v) is 17.2. The lowest BCUT2D eigenvalue weighted by molar-refractivity contribution is 0.480. The number of benzene rings is 9. The topological polar surface area (TPSA) is 23.4 Å². The molecule has 2 aliphatic rings. The van der Waals surface area contributed by atoms with Gasteiger partial charge in [-0.15, -0.1) is 0 Å². The highest BCUT2D eigenvalue weighted by atomic mass is 28.3. The molecule has 0 saturated heterocycles. The third kappa shape index (κ3) is 5.15. The van der Waals surface area contributed by atoms with E-state index in [-0.39, 0.29) is 6.92 Å². The number of hydrogen-bond acceptors (Lipinski definition) is 2. The van der Waals surface area contributed by atoms with E-state index >= 15 is 0 Å². The Morgan fingerprint density at radius 2 is 0.983 bits per heavy atom. The normalized spacial score (nSPS) is 12.6. The van der Waals surface area contributed by atoms with E-state index in [2.05, 4.69) is 223 Å². The summed E-state index contributed by atoms with van der Waals surface area (Å²) in [5.41, 5.74) is 10.1. The molecule has 5 heteroatoms. The van der Waals surface area contributed by atoms with E-state index in [1.54, 1.807) is 0 Å². The molecule has 0 N–H and O–H groups in total. The van der Waals surface area contributed by atoms with Crippen LogP contribution in [0.3, 0.4) is 0 Å². The van der Waals surface area contributed by atoms with Crippen molar-refractivity contribution in [3.05, 3.63) is 218 Å². The van der Waals surface area contributed by atoms with E-state index < -0.39 is 8.07 Å². The van der Waals surface area contributed by atoms with Gasteiger partial charge in [-0.1, -0.05) is 170 Å². The fourth-order valence-electron chi connectivity index (χ4n) is 9.86. The Bertz CT molecular complexity index is 3090. The van der Waals surface area contributed by atoms with Crippen LogP contribution in [0.15, 0.2) is 218 Å². The Morgan fingerprint density at radius 3 is 1.64 bits per heavy atom. The minimum absolute atomic E-state index is 0.342. The van der Waals surface area contributed by atoms with Crippen molar-refractivity contribution in [3.8, 4) is 45.2 Å². The fourth-order valence-corrected chi connectivity index (χ4v) is 14.6. The molecule has 0 atom stereocenters. The number of hydrogen-bond donors (Lipinski definition) is 0. The predicted octanol–water partition coefficient (Wildman–Crippen LogP) is 9.10. The molecule has 1 aromatic heterocycles. The van der Waals surface area contributed by atoms with Gasteiger partial charge < -0.3 is 14.0 Å². The van der Waals surface area contributed by atoms with Crippen molar-refractivity contribution in [2.75, 3.05) is 0 Å². The minimum atomic E-state index is -2.79. The quantitative estimate of drug-likeness (QED) is 0.125. The molecule has 59 heavy (non-hydrogen) atoms. The summed E-state index contributed by atoms with van der Waals surface area (Å²) < 4.78 is 16.5. The third-order valence-electron chi connectivity index (χ3n) is 12.4. The van der Waals surface area contributed by atoms with Crippen molar-refractivity contribution in [1.82, 2.24) is 4.57 Å². The molecular weight excluding hydrogens is 733 g/mol. The summed E-state index contributed by atoms with van der Waals surface area (Å²) in [5, 5.41) is 7.78. The molecule has 0 saturated carbocycles. The van der Waals surface area contributed by atoms with Gasteiger partial charge in [0.05, 0.1) is 11.0 Å². The van der Waals surface area contributed by atoms with Gasteiger partial charge in [-0.3, -0.25) is 0 Å². The maximum absolute atomic E-state index is 7.08. The zero-order valence-electron chi connectivity index (χ0n) is 32.1. The number of rotatable bonds is 6. The molecule has 10 aromatic rings. The molecule has 0 amide bonds. The molecule has 0 bridgehead atoms. The van der Waals surface area contributed by atoms with Crippen LogP contribution in [-0.4, -0.2) is 19.6 Å². The number of ether oxygens (including phenoxy) is 1. The SMILES string of the molecule is c1ccc([Si](c2ccccc2)(c2ccccc2)c2ccc3c(c2)B2Oc4ccccc4-c4cc(-c5cccc(-n6c7ccccc7c7ccccc76)c5)cc(c42)O3)cc1. The van der Waals surface area contributed by atoms with E-state index in [9.17, 15) is 0 Å². The van der Waals surface area contributed by atoms with Crippen LogP contribution < -0.4 is 41.1 Å². The Hall–Kier alpha value is -7.34. The molecule has 0 aliphatic carbocycles. The van der Waals surface area contributed by atoms with Crippen LogP contribution >= 0.6 is 0 Å². The Kier molecular flexibility index (Phi) is 7.65. The van der Waals surface area contributed by atoms with E-state index in [0.717, 1.165) is 56.1 Å². The molecule has 2 aliphatic heterocycles. The maximum Gasteiger partial charge on any atom is 0.434 e. The monoisotopic (exact) mass is 769 g/mol. The van der Waals surface area contributed by atoms with E-state index in [1.165, 1.54) is 42.6 Å². The summed E-state index contributed by atoms with van der Waals surface area (Å²) >= 11 is 0. The van der Waals surface area contributed by atoms with Crippen LogP contribution in [0, 0.1) is 0 Å². The van der Waals surface area contributed by atoms with Crippen molar-refractivity contribution < 1.29 is 9.39 Å². The second-order valence-electron chi connectivity index (χ2n) is 15.6. The molecule has 0 fully saturated rings. The van der Waals surface area contributed by atoms with Crippen LogP contribution in [0.1, 0.15) is 0 Å². The average Bonchev–Trinajstić information content (AvgIpc) is 3.65. The highest BCUT2D eigenvalue weighted by Crippen LogP contribution is 2.42. The van der Waals surface area contributed by atoms with Gasteiger partial charge in [0.25, 0.3) is 0 Å². The number of aromatic nitrogens is 1. The van der Waals surface area contributed by atoms with Crippen molar-refractivity contribution in [2.45, 2.75) is 0 Å². The highest BCUT2D eigenvalue weighted by molar-refractivity contribution is 7.20. The Balaban J connectivity index is 1.04. The summed E-state index contributed by atoms with van der Waals surface area (Å²) in [6.07, 6.45) is 0. The summed E-state index contributed by atoms with van der Waals surface area (Å²) in [7, 11) is -2.79. The summed E-state index contributed by atoms with van der Waals surface area (Å²) in [5.74, 6) is 2.53. The molecule has 0 spiro atoms. The first-order chi connectivity index (χ1) is 29.3. The van der Waals surface area contributed by atoms with Gasteiger partial charge >= 0.3 is 6.92 Å². The molecule has 0 unspecified atom stereocenters. The van der Waals surface area contributed by atoms with Gasteiger partial charge in [0.15, 0.2) is 8.07 Å². The highest BCUT2D eigenvalue weighted by Gasteiger charge is 2.45. The molecular formula is C54H36BNO2Si. The second-order valence-corrected chi connectivity index (χ2v) is 19.4. The smallest absolute Gasteiger partial charge is 0.434 e. The first-order valence-electron chi connectivity index (χ1n) is 20.3. The lowest BCUT2D eigenvalue weighted by atomic mass is 9.50. The van der Waals surface area contributed by atoms with Crippen molar-refractivity contribution >= 4 is 68.5 Å². The summed E-state index contributed by atoms with van der Waals surface area (Å²) in [4.78, 5) is 0. The van der Waals surface area contributed by atoms with Crippen LogP contribution in [0.2, 0.25) is 0 Å². The number of nitrogens with zero attached hydrogens (tertiary/aromatic N) is 1. The molecule has 3 heterocycles. The molecule has 276 valence electrons. The Morgan fingerprint density at radius 1 is 0.390 bits per heavy atom.